The van der Waals surface area contributed by atoms with Crippen molar-refractivity contribution in [1.82, 2.24) is 5.32 Å². The molecule has 68 valence electrons. The predicted octanol–water partition coefficient (Wildman–Crippen LogP) is 1.85. The maximum atomic E-state index is 11.3. The van der Waals surface area contributed by atoms with E-state index in [0.717, 1.165) is 6.42 Å². The normalized spacial score (nSPS) is 24.3. The Kier molecular flexibility index (Phi) is 2.33. The molecule has 0 aromatic carbocycles. The van der Waals surface area contributed by atoms with Crippen molar-refractivity contribution in [3.63, 3.8) is 0 Å². The van der Waals surface area contributed by atoms with E-state index in [1.807, 2.05) is 0 Å². The Balaban J connectivity index is 1.62. The van der Waals surface area contributed by atoms with Crippen molar-refractivity contribution in [2.24, 2.45) is 5.92 Å². The number of hydrogen-bond acceptors (Lipinski definition) is 1. The van der Waals surface area contributed by atoms with Gasteiger partial charge in [0.2, 0.25) is 5.91 Å². The molecule has 12 heavy (non-hydrogen) atoms. The van der Waals surface area contributed by atoms with E-state index in [0.29, 0.717) is 17.9 Å². The zero-order valence-corrected chi connectivity index (χ0v) is 7.51. The molecule has 2 aliphatic carbocycles. The number of nitrogens with one attached hydrogen (secondary N) is 1. The lowest BCUT2D eigenvalue weighted by Gasteiger charge is -2.29. The Bertz CT molecular complexity index is 153. The van der Waals surface area contributed by atoms with Gasteiger partial charge in [-0.05, 0) is 38.0 Å². The standard InChI is InChI=1S/C10H17NO/c12-10(7-8-3-1-4-8)11-9-5-2-6-9/h8-9H,1-7H2,(H,11,12). The quantitative estimate of drug-likeness (QED) is 0.682. The highest BCUT2D eigenvalue weighted by molar-refractivity contribution is 5.76. The molecule has 0 spiro atoms. The number of hydrogen-bond donors (Lipinski definition) is 1. The fourth-order valence-corrected chi connectivity index (χ4v) is 1.80. The van der Waals surface area contributed by atoms with Crippen LogP contribution in [-0.2, 0) is 4.79 Å². The van der Waals surface area contributed by atoms with Gasteiger partial charge in [0.05, 0.1) is 0 Å². The highest BCUT2D eigenvalue weighted by atomic mass is 16.1. The molecule has 2 fully saturated rings. The summed E-state index contributed by atoms with van der Waals surface area (Å²) in [6, 6.07) is 0.526. The van der Waals surface area contributed by atoms with Gasteiger partial charge in [-0.2, -0.15) is 0 Å². The fraction of sp³-hybridized carbons (Fsp3) is 0.900. The van der Waals surface area contributed by atoms with Crippen molar-refractivity contribution >= 4 is 5.91 Å². The van der Waals surface area contributed by atoms with E-state index in [-0.39, 0.29) is 0 Å². The smallest absolute Gasteiger partial charge is 0.220 e. The molecule has 0 bridgehead atoms. The first-order chi connectivity index (χ1) is 5.84. The van der Waals surface area contributed by atoms with Gasteiger partial charge in [0, 0.05) is 12.5 Å². The molecule has 2 nitrogen and oxygen atoms in total. The molecule has 1 amide bonds. The third-order valence-corrected chi connectivity index (χ3v) is 3.17. The molecule has 0 saturated heterocycles. The zero-order valence-electron chi connectivity index (χ0n) is 7.51. The van der Waals surface area contributed by atoms with Gasteiger partial charge in [0.1, 0.15) is 0 Å². The Morgan fingerprint density at radius 3 is 2.25 bits per heavy atom. The maximum Gasteiger partial charge on any atom is 0.220 e. The van der Waals surface area contributed by atoms with E-state index in [1.54, 1.807) is 0 Å². The van der Waals surface area contributed by atoms with Crippen molar-refractivity contribution in [1.29, 1.82) is 0 Å². The molecule has 0 aromatic heterocycles. The van der Waals surface area contributed by atoms with Crippen molar-refractivity contribution in [2.45, 2.75) is 51.0 Å². The molecule has 0 aliphatic heterocycles. The molecule has 0 heterocycles. The first-order valence-corrected chi connectivity index (χ1v) is 5.14. The second kappa shape index (κ2) is 3.46. The predicted molar refractivity (Wildman–Crippen MR) is 47.7 cm³/mol. The number of amides is 1. The molecule has 0 radical (unpaired) electrons. The summed E-state index contributed by atoms with van der Waals surface area (Å²) in [4.78, 5) is 11.3. The molecular weight excluding hydrogens is 150 g/mol. The van der Waals surface area contributed by atoms with E-state index in [2.05, 4.69) is 5.32 Å². The van der Waals surface area contributed by atoms with Gasteiger partial charge in [-0.15, -0.1) is 0 Å². The van der Waals surface area contributed by atoms with Crippen LogP contribution in [0.2, 0.25) is 0 Å². The summed E-state index contributed by atoms with van der Waals surface area (Å²) < 4.78 is 0. The van der Waals surface area contributed by atoms with E-state index < -0.39 is 0 Å². The van der Waals surface area contributed by atoms with Crippen LogP contribution >= 0.6 is 0 Å². The van der Waals surface area contributed by atoms with E-state index in [1.165, 1.54) is 38.5 Å². The van der Waals surface area contributed by atoms with Crippen molar-refractivity contribution in [3.8, 4) is 0 Å². The van der Waals surface area contributed by atoms with Crippen LogP contribution < -0.4 is 5.32 Å². The summed E-state index contributed by atoms with van der Waals surface area (Å²) >= 11 is 0. The van der Waals surface area contributed by atoms with Crippen LogP contribution in [0, 0.1) is 5.92 Å². The Hall–Kier alpha value is -0.530. The molecular formula is C10H17NO. The molecule has 2 aliphatic rings. The van der Waals surface area contributed by atoms with Gasteiger partial charge in [-0.1, -0.05) is 6.42 Å². The van der Waals surface area contributed by atoms with Crippen LogP contribution in [0.3, 0.4) is 0 Å². The average Bonchev–Trinajstić information content (AvgIpc) is 1.89. The zero-order chi connectivity index (χ0) is 8.39. The summed E-state index contributed by atoms with van der Waals surface area (Å²) in [7, 11) is 0. The summed E-state index contributed by atoms with van der Waals surface area (Å²) in [5.74, 6) is 1.01. The second-order valence-electron chi connectivity index (χ2n) is 4.20. The van der Waals surface area contributed by atoms with Gasteiger partial charge in [0.15, 0.2) is 0 Å². The topological polar surface area (TPSA) is 29.1 Å². The van der Waals surface area contributed by atoms with Crippen molar-refractivity contribution in [2.75, 3.05) is 0 Å². The molecule has 2 rings (SSSR count). The largest absolute Gasteiger partial charge is 0.353 e. The van der Waals surface area contributed by atoms with Gasteiger partial charge < -0.3 is 5.32 Å². The monoisotopic (exact) mass is 167 g/mol. The molecule has 0 atom stereocenters. The SMILES string of the molecule is O=C(CC1CCC1)NC1CCC1. The third-order valence-electron chi connectivity index (χ3n) is 3.17. The van der Waals surface area contributed by atoms with Crippen molar-refractivity contribution < 1.29 is 4.79 Å². The molecule has 0 aromatic rings. The van der Waals surface area contributed by atoms with Crippen LogP contribution in [0.25, 0.3) is 0 Å². The van der Waals surface area contributed by atoms with Crippen LogP contribution in [-0.4, -0.2) is 11.9 Å². The minimum atomic E-state index is 0.296. The highest BCUT2D eigenvalue weighted by Crippen LogP contribution is 2.29. The van der Waals surface area contributed by atoms with Gasteiger partial charge in [-0.25, -0.2) is 0 Å². The van der Waals surface area contributed by atoms with E-state index in [4.69, 9.17) is 0 Å². The minimum absolute atomic E-state index is 0.296. The third kappa shape index (κ3) is 1.79. The van der Waals surface area contributed by atoms with Crippen LogP contribution in [0.1, 0.15) is 44.9 Å². The van der Waals surface area contributed by atoms with Gasteiger partial charge in [0.25, 0.3) is 0 Å². The molecule has 2 heteroatoms. The Morgan fingerprint density at radius 1 is 1.17 bits per heavy atom. The first kappa shape index (κ1) is 8.09. The lowest BCUT2D eigenvalue weighted by atomic mass is 9.82. The highest BCUT2D eigenvalue weighted by Gasteiger charge is 2.24. The van der Waals surface area contributed by atoms with Crippen LogP contribution in [0.5, 0.6) is 0 Å². The number of carbonyl (C=O) groups is 1. The van der Waals surface area contributed by atoms with E-state index >= 15 is 0 Å². The maximum absolute atomic E-state index is 11.3. The molecule has 0 unspecified atom stereocenters. The lowest BCUT2D eigenvalue weighted by Crippen LogP contribution is -2.40. The number of carbonyl (C=O) groups excluding carboxylic acids is 1. The van der Waals surface area contributed by atoms with E-state index in [9.17, 15) is 4.79 Å². The lowest BCUT2D eigenvalue weighted by molar-refractivity contribution is -0.123. The fourth-order valence-electron chi connectivity index (χ4n) is 1.80. The first-order valence-electron chi connectivity index (χ1n) is 5.14. The summed E-state index contributed by atoms with van der Waals surface area (Å²) in [6.45, 7) is 0. The summed E-state index contributed by atoms with van der Waals surface area (Å²) in [5.41, 5.74) is 0. The number of rotatable bonds is 3. The minimum Gasteiger partial charge on any atom is -0.353 e. The van der Waals surface area contributed by atoms with Gasteiger partial charge >= 0.3 is 0 Å². The van der Waals surface area contributed by atoms with Crippen molar-refractivity contribution in [3.05, 3.63) is 0 Å². The summed E-state index contributed by atoms with van der Waals surface area (Å²) in [5, 5.41) is 3.08. The summed E-state index contributed by atoms with van der Waals surface area (Å²) in [6.07, 6.45) is 8.38. The van der Waals surface area contributed by atoms with Crippen LogP contribution in [0.15, 0.2) is 0 Å². The van der Waals surface area contributed by atoms with Gasteiger partial charge in [-0.3, -0.25) is 4.79 Å². The second-order valence-corrected chi connectivity index (χ2v) is 4.20. The average molecular weight is 167 g/mol. The molecule has 1 N–H and O–H groups in total. The Labute approximate surface area is 73.7 Å². The van der Waals surface area contributed by atoms with Crippen LogP contribution in [0.4, 0.5) is 0 Å². The molecule has 2 saturated carbocycles. The Morgan fingerprint density at radius 2 is 1.83 bits per heavy atom.